The van der Waals surface area contributed by atoms with Crippen LogP contribution in [-0.2, 0) is 6.54 Å². The molecule has 0 saturated carbocycles. The van der Waals surface area contributed by atoms with Gasteiger partial charge in [0.25, 0.3) is 5.91 Å². The van der Waals surface area contributed by atoms with Gasteiger partial charge in [-0.15, -0.1) is 11.3 Å². The second-order valence-electron chi connectivity index (χ2n) is 5.88. The standard InChI is InChI=1S/C15H17N3O2S/c19-15(14-9-21-10-16-14)18-6-11-4-17(5-12(11)7-18)8-13-2-1-3-20-13/h1-3,9-12H,4-8H2/t11-,12+. The quantitative estimate of drug-likeness (QED) is 0.869. The van der Waals surface area contributed by atoms with E-state index in [4.69, 9.17) is 4.42 Å². The molecule has 21 heavy (non-hydrogen) atoms. The molecule has 0 spiro atoms. The van der Waals surface area contributed by atoms with Crippen molar-refractivity contribution in [3.63, 3.8) is 0 Å². The highest BCUT2D eigenvalue weighted by molar-refractivity contribution is 7.07. The third-order valence-corrected chi connectivity index (χ3v) is 5.05. The van der Waals surface area contributed by atoms with Gasteiger partial charge >= 0.3 is 0 Å². The van der Waals surface area contributed by atoms with Crippen LogP contribution in [0.5, 0.6) is 0 Å². The Morgan fingerprint density at radius 2 is 2.14 bits per heavy atom. The minimum absolute atomic E-state index is 0.0863. The number of thiazole rings is 1. The smallest absolute Gasteiger partial charge is 0.273 e. The summed E-state index contributed by atoms with van der Waals surface area (Å²) in [6, 6.07) is 3.95. The van der Waals surface area contributed by atoms with Crippen molar-refractivity contribution in [2.45, 2.75) is 6.54 Å². The Balaban J connectivity index is 1.36. The van der Waals surface area contributed by atoms with E-state index < -0.39 is 0 Å². The minimum Gasteiger partial charge on any atom is -0.468 e. The van der Waals surface area contributed by atoms with Crippen LogP contribution in [0.2, 0.25) is 0 Å². The number of carbonyl (C=O) groups excluding carboxylic acids is 1. The summed E-state index contributed by atoms with van der Waals surface area (Å²) in [4.78, 5) is 20.8. The molecule has 2 aromatic rings. The van der Waals surface area contributed by atoms with Crippen LogP contribution < -0.4 is 0 Å². The molecule has 2 atom stereocenters. The second kappa shape index (κ2) is 5.27. The molecule has 0 unspecified atom stereocenters. The lowest BCUT2D eigenvalue weighted by molar-refractivity contribution is 0.0767. The molecule has 1 amide bonds. The Morgan fingerprint density at radius 3 is 2.76 bits per heavy atom. The molecule has 2 fully saturated rings. The van der Waals surface area contributed by atoms with E-state index in [1.165, 1.54) is 11.3 Å². The highest BCUT2D eigenvalue weighted by atomic mass is 32.1. The zero-order valence-electron chi connectivity index (χ0n) is 11.6. The summed E-state index contributed by atoms with van der Waals surface area (Å²) >= 11 is 1.47. The summed E-state index contributed by atoms with van der Waals surface area (Å²) < 4.78 is 5.41. The molecule has 6 heteroatoms. The molecule has 2 aromatic heterocycles. The van der Waals surface area contributed by atoms with Crippen molar-refractivity contribution in [1.29, 1.82) is 0 Å². The predicted molar refractivity (Wildman–Crippen MR) is 79.0 cm³/mol. The van der Waals surface area contributed by atoms with Gasteiger partial charge in [-0.3, -0.25) is 9.69 Å². The zero-order valence-corrected chi connectivity index (χ0v) is 12.5. The van der Waals surface area contributed by atoms with Crippen LogP contribution in [0.3, 0.4) is 0 Å². The first kappa shape index (κ1) is 13.0. The van der Waals surface area contributed by atoms with Gasteiger partial charge in [0.2, 0.25) is 0 Å². The van der Waals surface area contributed by atoms with Crippen molar-refractivity contribution in [2.24, 2.45) is 11.8 Å². The van der Waals surface area contributed by atoms with Gasteiger partial charge in [-0.25, -0.2) is 4.98 Å². The van der Waals surface area contributed by atoms with E-state index in [0.717, 1.165) is 38.5 Å². The molecule has 0 aliphatic carbocycles. The molecule has 4 heterocycles. The number of fused-ring (bicyclic) bond motifs is 1. The molecule has 0 bridgehead atoms. The number of likely N-dealkylation sites (tertiary alicyclic amines) is 2. The van der Waals surface area contributed by atoms with Crippen LogP contribution in [0.15, 0.2) is 33.7 Å². The van der Waals surface area contributed by atoms with Crippen LogP contribution in [0.1, 0.15) is 16.2 Å². The van der Waals surface area contributed by atoms with Crippen molar-refractivity contribution in [1.82, 2.24) is 14.8 Å². The van der Waals surface area contributed by atoms with Gasteiger partial charge < -0.3 is 9.32 Å². The van der Waals surface area contributed by atoms with Crippen molar-refractivity contribution in [2.75, 3.05) is 26.2 Å². The summed E-state index contributed by atoms with van der Waals surface area (Å²) in [7, 11) is 0. The molecule has 2 saturated heterocycles. The van der Waals surface area contributed by atoms with Crippen LogP contribution in [-0.4, -0.2) is 46.9 Å². The molecule has 5 nitrogen and oxygen atoms in total. The van der Waals surface area contributed by atoms with E-state index in [-0.39, 0.29) is 5.91 Å². The molecule has 0 radical (unpaired) electrons. The molecule has 0 aromatic carbocycles. The third kappa shape index (κ3) is 2.49. The Kier molecular flexibility index (Phi) is 3.27. The van der Waals surface area contributed by atoms with Crippen molar-refractivity contribution in [3.8, 4) is 0 Å². The first-order valence-corrected chi connectivity index (χ1v) is 8.16. The maximum Gasteiger partial charge on any atom is 0.273 e. The number of furan rings is 1. The average Bonchev–Trinajstić information content (AvgIpc) is 3.23. The molecular formula is C15H17N3O2S. The Labute approximate surface area is 127 Å². The second-order valence-corrected chi connectivity index (χ2v) is 6.60. The van der Waals surface area contributed by atoms with E-state index in [9.17, 15) is 4.79 Å². The highest BCUT2D eigenvalue weighted by Crippen LogP contribution is 2.32. The number of aromatic nitrogens is 1. The van der Waals surface area contributed by atoms with Gasteiger partial charge in [0.15, 0.2) is 0 Å². The van der Waals surface area contributed by atoms with E-state index in [1.54, 1.807) is 11.8 Å². The normalized spacial score (nSPS) is 25.4. The third-order valence-electron chi connectivity index (χ3n) is 4.46. The van der Waals surface area contributed by atoms with Crippen molar-refractivity contribution in [3.05, 3.63) is 40.7 Å². The fraction of sp³-hybridized carbons (Fsp3) is 0.467. The molecule has 2 aliphatic rings. The topological polar surface area (TPSA) is 49.6 Å². The number of rotatable bonds is 3. The zero-order chi connectivity index (χ0) is 14.2. The number of hydrogen-bond donors (Lipinski definition) is 0. The summed E-state index contributed by atoms with van der Waals surface area (Å²) in [5.74, 6) is 2.28. The van der Waals surface area contributed by atoms with Crippen LogP contribution in [0.25, 0.3) is 0 Å². The number of nitrogens with zero attached hydrogens (tertiary/aromatic N) is 3. The van der Waals surface area contributed by atoms with Gasteiger partial charge in [-0.1, -0.05) is 0 Å². The predicted octanol–water partition coefficient (Wildman–Crippen LogP) is 1.94. The van der Waals surface area contributed by atoms with Gasteiger partial charge in [0.1, 0.15) is 11.5 Å². The van der Waals surface area contributed by atoms with Gasteiger partial charge in [-0.2, -0.15) is 0 Å². The molecule has 2 aliphatic heterocycles. The number of hydrogen-bond acceptors (Lipinski definition) is 5. The Hall–Kier alpha value is -1.66. The largest absolute Gasteiger partial charge is 0.468 e. The van der Waals surface area contributed by atoms with Gasteiger partial charge in [0, 0.05) is 31.6 Å². The lowest BCUT2D eigenvalue weighted by Crippen LogP contribution is -2.33. The summed E-state index contributed by atoms with van der Waals surface area (Å²) in [6.45, 7) is 4.68. The first-order valence-electron chi connectivity index (χ1n) is 7.22. The Morgan fingerprint density at radius 1 is 1.33 bits per heavy atom. The molecule has 4 rings (SSSR count). The average molecular weight is 303 g/mol. The van der Waals surface area contributed by atoms with Gasteiger partial charge in [-0.05, 0) is 24.0 Å². The minimum atomic E-state index is 0.0863. The van der Waals surface area contributed by atoms with Crippen molar-refractivity contribution < 1.29 is 9.21 Å². The number of carbonyl (C=O) groups is 1. The van der Waals surface area contributed by atoms with E-state index in [2.05, 4.69) is 9.88 Å². The maximum absolute atomic E-state index is 12.3. The molecule has 110 valence electrons. The lowest BCUT2D eigenvalue weighted by Gasteiger charge is -2.20. The van der Waals surface area contributed by atoms with Crippen LogP contribution >= 0.6 is 11.3 Å². The lowest BCUT2D eigenvalue weighted by atomic mass is 10.0. The van der Waals surface area contributed by atoms with Gasteiger partial charge in [0.05, 0.1) is 18.3 Å². The van der Waals surface area contributed by atoms with E-state index >= 15 is 0 Å². The summed E-state index contributed by atoms with van der Waals surface area (Å²) in [6.07, 6.45) is 1.72. The molecular weight excluding hydrogens is 286 g/mol. The fourth-order valence-electron chi connectivity index (χ4n) is 3.49. The van der Waals surface area contributed by atoms with Crippen LogP contribution in [0, 0.1) is 11.8 Å². The SMILES string of the molecule is O=C(c1cscn1)N1C[C@H]2CN(Cc3ccco3)C[C@H]2C1. The first-order chi connectivity index (χ1) is 10.3. The summed E-state index contributed by atoms with van der Waals surface area (Å²) in [5.41, 5.74) is 2.31. The molecule has 0 N–H and O–H groups in total. The van der Waals surface area contributed by atoms with Crippen molar-refractivity contribution >= 4 is 17.2 Å². The number of amides is 1. The van der Waals surface area contributed by atoms with E-state index in [0.29, 0.717) is 17.5 Å². The van der Waals surface area contributed by atoms with Crippen LogP contribution in [0.4, 0.5) is 0 Å². The monoisotopic (exact) mass is 303 g/mol. The highest BCUT2D eigenvalue weighted by Gasteiger charge is 2.41. The summed E-state index contributed by atoms with van der Waals surface area (Å²) in [5, 5.41) is 1.83. The maximum atomic E-state index is 12.3. The van der Waals surface area contributed by atoms with E-state index in [1.807, 2.05) is 22.4 Å². The Bertz CT molecular complexity index is 597. The fourth-order valence-corrected chi connectivity index (χ4v) is 4.01.